The summed E-state index contributed by atoms with van der Waals surface area (Å²) in [7, 11) is 0. The Balaban J connectivity index is 1.87. The standard InChI is InChI=1S/C18H22N2O4S/c1-9-6-7-12-13(8-9)25-17(14(12)15(19)21)20-16(22)10-4-2-3-5-11(10)18(23)24/h2-3,9-11H,4-8H2,1H3,(H2,19,21)(H,20,22)(H,23,24)/p-1/t9-,10+,11+/m1/s1. The summed E-state index contributed by atoms with van der Waals surface area (Å²) in [6, 6.07) is 0. The molecule has 0 saturated heterocycles. The Kier molecular flexibility index (Phi) is 4.94. The maximum atomic E-state index is 12.7. The number of nitrogens with two attached hydrogens (primary N) is 1. The van der Waals surface area contributed by atoms with Gasteiger partial charge in [0.25, 0.3) is 5.91 Å². The molecule has 7 heteroatoms. The molecule has 134 valence electrons. The van der Waals surface area contributed by atoms with Crippen molar-refractivity contribution in [1.29, 1.82) is 0 Å². The Morgan fingerprint density at radius 3 is 2.56 bits per heavy atom. The van der Waals surface area contributed by atoms with Crippen LogP contribution in [0.2, 0.25) is 0 Å². The van der Waals surface area contributed by atoms with Gasteiger partial charge in [-0.25, -0.2) is 0 Å². The van der Waals surface area contributed by atoms with E-state index in [0.29, 0.717) is 22.9 Å². The van der Waals surface area contributed by atoms with Gasteiger partial charge in [0.05, 0.1) is 11.5 Å². The molecule has 6 nitrogen and oxygen atoms in total. The zero-order valence-corrected chi connectivity index (χ0v) is 14.9. The first-order valence-corrected chi connectivity index (χ1v) is 9.31. The molecule has 2 amide bonds. The van der Waals surface area contributed by atoms with E-state index in [9.17, 15) is 19.5 Å². The van der Waals surface area contributed by atoms with Crippen molar-refractivity contribution in [2.24, 2.45) is 23.5 Å². The normalized spacial score (nSPS) is 25.2. The van der Waals surface area contributed by atoms with E-state index in [1.165, 1.54) is 11.3 Å². The van der Waals surface area contributed by atoms with Crippen molar-refractivity contribution < 1.29 is 19.5 Å². The van der Waals surface area contributed by atoms with Gasteiger partial charge < -0.3 is 21.0 Å². The van der Waals surface area contributed by atoms with E-state index >= 15 is 0 Å². The van der Waals surface area contributed by atoms with E-state index in [1.54, 1.807) is 12.2 Å². The van der Waals surface area contributed by atoms with Gasteiger partial charge in [-0.05, 0) is 43.6 Å². The first-order valence-electron chi connectivity index (χ1n) is 8.49. The van der Waals surface area contributed by atoms with Crippen LogP contribution in [0.15, 0.2) is 12.2 Å². The number of amides is 2. The number of rotatable bonds is 4. The van der Waals surface area contributed by atoms with E-state index in [2.05, 4.69) is 12.2 Å². The fourth-order valence-electron chi connectivity index (χ4n) is 3.67. The lowest BCUT2D eigenvalue weighted by Crippen LogP contribution is -2.41. The number of hydrogen-bond acceptors (Lipinski definition) is 5. The Morgan fingerprint density at radius 1 is 1.24 bits per heavy atom. The Bertz CT molecular complexity index is 753. The molecule has 1 heterocycles. The summed E-state index contributed by atoms with van der Waals surface area (Å²) in [5, 5.41) is 14.5. The van der Waals surface area contributed by atoms with Gasteiger partial charge in [0.2, 0.25) is 5.91 Å². The van der Waals surface area contributed by atoms with Gasteiger partial charge in [-0.2, -0.15) is 0 Å². The predicted molar refractivity (Wildman–Crippen MR) is 93.0 cm³/mol. The number of nitrogens with one attached hydrogen (secondary N) is 1. The number of fused-ring (bicyclic) bond motifs is 1. The quantitative estimate of drug-likeness (QED) is 0.786. The summed E-state index contributed by atoms with van der Waals surface area (Å²) >= 11 is 1.38. The molecule has 2 aliphatic carbocycles. The maximum Gasteiger partial charge on any atom is 0.251 e. The second-order valence-corrected chi connectivity index (χ2v) is 7.99. The summed E-state index contributed by atoms with van der Waals surface area (Å²) in [5.41, 5.74) is 6.87. The van der Waals surface area contributed by atoms with Crippen LogP contribution in [0.25, 0.3) is 0 Å². The summed E-state index contributed by atoms with van der Waals surface area (Å²) in [4.78, 5) is 37.0. The molecule has 0 aromatic carbocycles. The van der Waals surface area contributed by atoms with Crippen molar-refractivity contribution in [2.45, 2.75) is 39.0 Å². The third-order valence-electron chi connectivity index (χ3n) is 5.07. The van der Waals surface area contributed by atoms with Gasteiger partial charge in [0.15, 0.2) is 0 Å². The highest BCUT2D eigenvalue weighted by atomic mass is 32.1. The molecule has 0 unspecified atom stereocenters. The van der Waals surface area contributed by atoms with Crippen LogP contribution >= 0.6 is 11.3 Å². The van der Waals surface area contributed by atoms with Crippen molar-refractivity contribution in [3.8, 4) is 0 Å². The number of allylic oxidation sites excluding steroid dienone is 2. The highest BCUT2D eigenvalue weighted by molar-refractivity contribution is 7.17. The molecule has 3 atom stereocenters. The fourth-order valence-corrected chi connectivity index (χ4v) is 5.09. The zero-order chi connectivity index (χ0) is 18.1. The molecule has 0 aliphatic heterocycles. The topological polar surface area (TPSA) is 112 Å². The second-order valence-electron chi connectivity index (χ2n) is 6.88. The Hall–Kier alpha value is -2.15. The van der Waals surface area contributed by atoms with Crippen LogP contribution in [-0.4, -0.2) is 17.8 Å². The van der Waals surface area contributed by atoms with Crippen LogP contribution in [0.5, 0.6) is 0 Å². The average molecular weight is 361 g/mol. The number of aliphatic carboxylic acids is 1. The third-order valence-corrected chi connectivity index (χ3v) is 6.24. The van der Waals surface area contributed by atoms with Gasteiger partial charge in [-0.1, -0.05) is 19.1 Å². The summed E-state index contributed by atoms with van der Waals surface area (Å²) in [5.74, 6) is -3.19. The zero-order valence-electron chi connectivity index (χ0n) is 14.0. The molecule has 0 bridgehead atoms. The smallest absolute Gasteiger partial charge is 0.251 e. The molecule has 0 fully saturated rings. The van der Waals surface area contributed by atoms with Gasteiger partial charge >= 0.3 is 0 Å². The molecule has 0 spiro atoms. The van der Waals surface area contributed by atoms with Gasteiger partial charge in [-0.15, -0.1) is 11.3 Å². The van der Waals surface area contributed by atoms with E-state index in [0.717, 1.165) is 29.7 Å². The van der Waals surface area contributed by atoms with E-state index in [1.807, 2.05) is 0 Å². The summed E-state index contributed by atoms with van der Waals surface area (Å²) in [6.45, 7) is 2.16. The number of carbonyl (C=O) groups is 3. The van der Waals surface area contributed by atoms with Crippen LogP contribution in [-0.2, 0) is 22.4 Å². The number of carbonyl (C=O) groups excluding carboxylic acids is 3. The van der Waals surface area contributed by atoms with E-state index in [4.69, 9.17) is 5.73 Å². The summed E-state index contributed by atoms with van der Waals surface area (Å²) < 4.78 is 0. The van der Waals surface area contributed by atoms with Gasteiger partial charge in [0, 0.05) is 16.8 Å². The van der Waals surface area contributed by atoms with Crippen LogP contribution in [0.3, 0.4) is 0 Å². The van der Waals surface area contributed by atoms with Crippen LogP contribution in [0, 0.1) is 17.8 Å². The molecular weight excluding hydrogens is 340 g/mol. The minimum atomic E-state index is -1.22. The van der Waals surface area contributed by atoms with E-state index in [-0.39, 0.29) is 6.42 Å². The number of hydrogen-bond donors (Lipinski definition) is 2. The molecule has 3 rings (SSSR count). The molecule has 25 heavy (non-hydrogen) atoms. The van der Waals surface area contributed by atoms with Crippen LogP contribution in [0.4, 0.5) is 5.00 Å². The van der Waals surface area contributed by atoms with Crippen LogP contribution < -0.4 is 16.2 Å². The van der Waals surface area contributed by atoms with Gasteiger partial charge in [-0.3, -0.25) is 9.59 Å². The highest BCUT2D eigenvalue weighted by Gasteiger charge is 2.32. The lowest BCUT2D eigenvalue weighted by atomic mass is 9.82. The minimum absolute atomic E-state index is 0.279. The molecule has 1 aromatic heterocycles. The highest BCUT2D eigenvalue weighted by Crippen LogP contribution is 2.40. The Labute approximate surface area is 150 Å². The maximum absolute atomic E-state index is 12.7. The number of anilines is 1. The lowest BCUT2D eigenvalue weighted by Gasteiger charge is -2.28. The van der Waals surface area contributed by atoms with Crippen molar-refractivity contribution in [2.75, 3.05) is 5.32 Å². The molecular formula is C18H21N2O4S-. The SMILES string of the molecule is C[C@@H]1CCc2c(sc(NC(=O)[C@H]3CC=CC[C@@H]3C(=O)[O-])c2C(N)=O)C1. The number of carboxylic acids is 1. The monoisotopic (exact) mass is 361 g/mol. The number of thiophene rings is 1. The predicted octanol–water partition coefficient (Wildman–Crippen LogP) is 1.24. The largest absolute Gasteiger partial charge is 0.550 e. The van der Waals surface area contributed by atoms with Gasteiger partial charge in [0.1, 0.15) is 5.00 Å². The van der Waals surface area contributed by atoms with Crippen molar-refractivity contribution >= 4 is 34.1 Å². The molecule has 3 N–H and O–H groups in total. The van der Waals surface area contributed by atoms with E-state index < -0.39 is 29.6 Å². The van der Waals surface area contributed by atoms with Crippen molar-refractivity contribution in [3.05, 3.63) is 28.2 Å². The molecule has 0 saturated carbocycles. The average Bonchev–Trinajstić information content (AvgIpc) is 2.91. The number of primary amides is 1. The number of carboxylic acid groups (broad SMARTS) is 1. The Morgan fingerprint density at radius 2 is 1.92 bits per heavy atom. The molecule has 2 aliphatic rings. The molecule has 0 radical (unpaired) electrons. The first-order chi connectivity index (χ1) is 11.9. The minimum Gasteiger partial charge on any atom is -0.550 e. The van der Waals surface area contributed by atoms with Crippen molar-refractivity contribution in [1.82, 2.24) is 0 Å². The lowest BCUT2D eigenvalue weighted by molar-refractivity contribution is -0.313. The second kappa shape index (κ2) is 7.00. The first kappa shape index (κ1) is 17.7. The van der Waals surface area contributed by atoms with Crippen molar-refractivity contribution in [3.63, 3.8) is 0 Å². The van der Waals surface area contributed by atoms with Crippen LogP contribution in [0.1, 0.15) is 47.0 Å². The molecule has 1 aromatic rings. The fraction of sp³-hybridized carbons (Fsp3) is 0.500. The summed E-state index contributed by atoms with van der Waals surface area (Å²) in [6.07, 6.45) is 6.81. The third kappa shape index (κ3) is 3.46.